The highest BCUT2D eigenvalue weighted by molar-refractivity contribution is 5.44. The van der Waals surface area contributed by atoms with Gasteiger partial charge < -0.3 is 0 Å². The van der Waals surface area contributed by atoms with Crippen LogP contribution in [0.4, 0.5) is 5.82 Å². The highest BCUT2D eigenvalue weighted by Gasteiger charge is 2.53. The summed E-state index contributed by atoms with van der Waals surface area (Å²) in [6.45, 7) is 3.53. The molecule has 1 aliphatic carbocycles. The minimum absolute atomic E-state index is 0.432. The molecule has 0 radical (unpaired) electrons. The van der Waals surface area contributed by atoms with Crippen molar-refractivity contribution in [1.82, 2.24) is 9.47 Å². The second kappa shape index (κ2) is 4.81. The number of nitrogens with zero attached hydrogens (tertiary/aromatic N) is 2. The summed E-state index contributed by atoms with van der Waals surface area (Å²) in [5, 5.41) is 0. The third-order valence-corrected chi connectivity index (χ3v) is 5.33. The van der Waals surface area contributed by atoms with E-state index in [1.807, 2.05) is 12.3 Å². The highest BCUT2D eigenvalue weighted by atomic mass is 15.5. The molecule has 0 unspecified atom stereocenters. The van der Waals surface area contributed by atoms with Gasteiger partial charge >= 0.3 is 0 Å². The van der Waals surface area contributed by atoms with Crippen LogP contribution < -0.4 is 4.48 Å². The number of quaternary nitrogens is 1. The van der Waals surface area contributed by atoms with Gasteiger partial charge in [-0.25, -0.2) is 4.98 Å². The first-order chi connectivity index (χ1) is 10.3. The number of fused-ring (bicyclic) bond motifs is 2. The maximum absolute atomic E-state index is 4.74. The van der Waals surface area contributed by atoms with Gasteiger partial charge in [0.15, 0.2) is 0 Å². The van der Waals surface area contributed by atoms with Crippen molar-refractivity contribution in [2.75, 3.05) is 6.54 Å². The lowest BCUT2D eigenvalue weighted by atomic mass is 10.0. The molecule has 4 atom stereocenters. The fourth-order valence-electron chi connectivity index (χ4n) is 4.26. The van der Waals surface area contributed by atoms with Crippen molar-refractivity contribution in [3.8, 4) is 0 Å². The maximum atomic E-state index is 4.74. The average Bonchev–Trinajstić information content (AvgIpc) is 3.17. The summed E-state index contributed by atoms with van der Waals surface area (Å²) in [6, 6.07) is 18.2. The second-order valence-corrected chi connectivity index (χ2v) is 6.34. The van der Waals surface area contributed by atoms with Gasteiger partial charge in [0.25, 0.3) is 0 Å². The van der Waals surface area contributed by atoms with Gasteiger partial charge in [-0.2, -0.15) is 0 Å². The average molecular weight is 277 g/mol. The number of rotatable bonds is 3. The number of benzene rings is 1. The Kier molecular flexibility index (Phi) is 2.93. The molecule has 1 saturated heterocycles. The Hall–Kier alpha value is -1.93. The van der Waals surface area contributed by atoms with Crippen molar-refractivity contribution in [3.63, 3.8) is 0 Å². The molecule has 2 nitrogen and oxygen atoms in total. The highest BCUT2D eigenvalue weighted by Crippen LogP contribution is 2.47. The fraction of sp³-hybridized carbons (Fsp3) is 0.316. The van der Waals surface area contributed by atoms with Crippen LogP contribution in [0.15, 0.2) is 66.9 Å². The predicted octanol–water partition coefficient (Wildman–Crippen LogP) is 4.11. The molecule has 2 aliphatic rings. The van der Waals surface area contributed by atoms with E-state index in [4.69, 9.17) is 4.98 Å². The van der Waals surface area contributed by atoms with E-state index in [2.05, 4.69) is 61.5 Å². The van der Waals surface area contributed by atoms with Crippen LogP contribution in [-0.2, 0) is 0 Å². The number of pyridine rings is 1. The van der Waals surface area contributed by atoms with E-state index in [-0.39, 0.29) is 0 Å². The Balaban J connectivity index is 1.84. The molecule has 21 heavy (non-hydrogen) atoms. The summed E-state index contributed by atoms with van der Waals surface area (Å²) >= 11 is 0. The Morgan fingerprint density at radius 3 is 2.48 bits per heavy atom. The monoisotopic (exact) mass is 277 g/mol. The molecule has 1 aliphatic heterocycles. The number of likely N-dealkylation sites (tertiary alicyclic amines) is 1. The zero-order chi connectivity index (χ0) is 14.3. The molecule has 4 rings (SSSR count). The van der Waals surface area contributed by atoms with E-state index >= 15 is 0 Å². The quantitative estimate of drug-likeness (QED) is 0.608. The van der Waals surface area contributed by atoms with Crippen LogP contribution in [0.3, 0.4) is 0 Å². The summed E-state index contributed by atoms with van der Waals surface area (Å²) in [7, 11) is 0. The Morgan fingerprint density at radius 2 is 1.86 bits per heavy atom. The van der Waals surface area contributed by atoms with Gasteiger partial charge in [-0.15, -0.1) is 0 Å². The number of hydrogen-bond acceptors (Lipinski definition) is 1. The Morgan fingerprint density at radius 1 is 1.05 bits per heavy atom. The molecule has 1 aromatic heterocycles. The molecule has 0 spiro atoms. The Bertz CT molecular complexity index is 650. The van der Waals surface area contributed by atoms with Gasteiger partial charge in [0.2, 0.25) is 5.82 Å². The van der Waals surface area contributed by atoms with Crippen molar-refractivity contribution < 1.29 is 0 Å². The van der Waals surface area contributed by atoms with Gasteiger partial charge in [-0.1, -0.05) is 42.5 Å². The molecule has 2 aromatic rings. The van der Waals surface area contributed by atoms with E-state index in [9.17, 15) is 0 Å². The van der Waals surface area contributed by atoms with Crippen LogP contribution in [0.2, 0.25) is 0 Å². The summed E-state index contributed by atoms with van der Waals surface area (Å²) in [4.78, 5) is 4.74. The van der Waals surface area contributed by atoms with E-state index in [1.165, 1.54) is 24.3 Å². The standard InChI is InChI=1S/C19H21N2/c1-15(17-7-3-2-4-8-17)21(19-9-5-6-12-20-19)14-16-10-11-18(21)13-16/h2-12,15-16,18H,13-14H2,1H3/q+1/t15-,16+,18-,21-/m0/s1. The van der Waals surface area contributed by atoms with Gasteiger partial charge in [0.05, 0.1) is 6.54 Å². The van der Waals surface area contributed by atoms with Crippen molar-refractivity contribution >= 4 is 5.82 Å². The van der Waals surface area contributed by atoms with E-state index < -0.39 is 0 Å². The molecule has 2 bridgehead atoms. The summed E-state index contributed by atoms with van der Waals surface area (Å²) in [6.07, 6.45) is 8.03. The van der Waals surface area contributed by atoms with Crippen LogP contribution >= 0.6 is 0 Å². The molecular weight excluding hydrogens is 256 g/mol. The van der Waals surface area contributed by atoms with Crippen LogP contribution in [0.1, 0.15) is 24.9 Å². The first-order valence-corrected chi connectivity index (χ1v) is 7.83. The summed E-state index contributed by atoms with van der Waals surface area (Å²) in [5.41, 5.74) is 1.41. The van der Waals surface area contributed by atoms with Crippen molar-refractivity contribution in [3.05, 3.63) is 72.4 Å². The smallest absolute Gasteiger partial charge is 0.228 e. The second-order valence-electron chi connectivity index (χ2n) is 6.34. The molecule has 1 fully saturated rings. The lowest BCUT2D eigenvalue weighted by molar-refractivity contribution is 0.207. The zero-order valence-electron chi connectivity index (χ0n) is 12.4. The van der Waals surface area contributed by atoms with Crippen molar-refractivity contribution in [2.45, 2.75) is 25.4 Å². The van der Waals surface area contributed by atoms with Gasteiger partial charge in [0.1, 0.15) is 12.1 Å². The topological polar surface area (TPSA) is 12.9 Å². The van der Waals surface area contributed by atoms with Crippen LogP contribution in [0.25, 0.3) is 0 Å². The molecule has 0 N–H and O–H groups in total. The minimum Gasteiger partial charge on any atom is -0.263 e. The predicted molar refractivity (Wildman–Crippen MR) is 86.8 cm³/mol. The molecular formula is C19H21N2+. The molecule has 2 heteroatoms. The van der Waals surface area contributed by atoms with E-state index in [1.54, 1.807) is 0 Å². The fourth-order valence-corrected chi connectivity index (χ4v) is 4.26. The maximum Gasteiger partial charge on any atom is 0.228 e. The first kappa shape index (κ1) is 12.8. The van der Waals surface area contributed by atoms with Crippen LogP contribution in [0.5, 0.6) is 0 Å². The van der Waals surface area contributed by atoms with Gasteiger partial charge in [0, 0.05) is 30.2 Å². The normalized spacial score (nSPS) is 31.5. The number of hydrogen-bond donors (Lipinski definition) is 0. The molecule has 0 amide bonds. The first-order valence-electron chi connectivity index (χ1n) is 7.83. The lowest BCUT2D eigenvalue weighted by Crippen LogP contribution is -2.55. The SMILES string of the molecule is C[C@@H](c1ccccc1)[N@@+]1(c2ccccn2)C[C@@H]2C=C[C@H]1C2. The third kappa shape index (κ3) is 1.86. The minimum atomic E-state index is 0.432. The van der Waals surface area contributed by atoms with Crippen LogP contribution in [-0.4, -0.2) is 17.6 Å². The summed E-state index contributed by atoms with van der Waals surface area (Å²) < 4.78 is 0.978. The molecule has 2 heterocycles. The van der Waals surface area contributed by atoms with Crippen molar-refractivity contribution in [1.29, 1.82) is 0 Å². The lowest BCUT2D eigenvalue weighted by Gasteiger charge is -2.43. The number of aromatic nitrogens is 1. The van der Waals surface area contributed by atoms with E-state index in [0.29, 0.717) is 18.0 Å². The van der Waals surface area contributed by atoms with Crippen molar-refractivity contribution in [2.24, 2.45) is 5.92 Å². The van der Waals surface area contributed by atoms with Gasteiger partial charge in [-0.05, 0) is 19.1 Å². The third-order valence-electron chi connectivity index (χ3n) is 5.33. The molecule has 1 aromatic carbocycles. The zero-order valence-corrected chi connectivity index (χ0v) is 12.4. The van der Waals surface area contributed by atoms with Gasteiger partial charge in [-0.3, -0.25) is 4.48 Å². The molecule has 0 saturated carbocycles. The Labute approximate surface area is 126 Å². The van der Waals surface area contributed by atoms with Crippen LogP contribution in [0, 0.1) is 5.92 Å². The summed E-state index contributed by atoms with van der Waals surface area (Å²) in [5.74, 6) is 1.92. The molecule has 106 valence electrons. The van der Waals surface area contributed by atoms with E-state index in [0.717, 1.165) is 4.48 Å². The largest absolute Gasteiger partial charge is 0.263 e.